The summed E-state index contributed by atoms with van der Waals surface area (Å²) in [5, 5.41) is 9.96. The molecule has 4 nitrogen and oxygen atoms in total. The lowest BCUT2D eigenvalue weighted by molar-refractivity contribution is 0.248. The summed E-state index contributed by atoms with van der Waals surface area (Å²) in [5.74, 6) is 0.428. The van der Waals surface area contributed by atoms with E-state index in [1.165, 1.54) is 0 Å². The lowest BCUT2D eigenvalue weighted by Gasteiger charge is -2.30. The third kappa shape index (κ3) is 2.48. The Morgan fingerprint density at radius 1 is 1.42 bits per heavy atom. The van der Waals surface area contributed by atoms with Gasteiger partial charge in [0.05, 0.1) is 10.9 Å². The molecule has 0 spiro atoms. The molecule has 1 aliphatic heterocycles. The molecule has 1 saturated heterocycles. The third-order valence-corrected chi connectivity index (χ3v) is 4.55. The minimum Gasteiger partial charge on any atom is -0.316 e. The van der Waals surface area contributed by atoms with Crippen LogP contribution in [0.4, 0.5) is 0 Å². The summed E-state index contributed by atoms with van der Waals surface area (Å²) in [6.07, 6.45) is 0.960. The van der Waals surface area contributed by atoms with Gasteiger partial charge in [-0.3, -0.25) is 4.79 Å². The molecule has 0 bridgehead atoms. The number of piperidine rings is 1. The highest BCUT2D eigenvalue weighted by molar-refractivity contribution is 7.13. The quantitative estimate of drug-likeness (QED) is 0.913. The molecule has 0 radical (unpaired) electrons. The average molecular weight is 275 g/mol. The van der Waals surface area contributed by atoms with Crippen LogP contribution in [0, 0.1) is 5.92 Å². The van der Waals surface area contributed by atoms with Crippen LogP contribution in [0.3, 0.4) is 0 Å². The molecule has 0 aliphatic carbocycles. The molecule has 0 saturated carbocycles. The van der Waals surface area contributed by atoms with Gasteiger partial charge >= 0.3 is 0 Å². The van der Waals surface area contributed by atoms with Gasteiger partial charge in [0.2, 0.25) is 0 Å². The molecule has 0 unspecified atom stereocenters. The molecule has 2 aromatic heterocycles. The van der Waals surface area contributed by atoms with Crippen LogP contribution in [0.5, 0.6) is 0 Å². The third-order valence-electron chi connectivity index (χ3n) is 3.65. The fourth-order valence-corrected chi connectivity index (χ4v) is 3.27. The van der Waals surface area contributed by atoms with E-state index in [1.54, 1.807) is 22.1 Å². The second-order valence-corrected chi connectivity index (χ2v) is 5.96. The summed E-state index contributed by atoms with van der Waals surface area (Å²) < 4.78 is 1.68. The number of hydrogen-bond acceptors (Lipinski definition) is 4. The Morgan fingerprint density at radius 3 is 3.05 bits per heavy atom. The van der Waals surface area contributed by atoms with Crippen molar-refractivity contribution in [2.75, 3.05) is 13.1 Å². The monoisotopic (exact) mass is 275 g/mol. The van der Waals surface area contributed by atoms with Crippen molar-refractivity contribution in [2.24, 2.45) is 5.92 Å². The zero-order valence-electron chi connectivity index (χ0n) is 10.9. The Labute approximate surface area is 116 Å². The maximum Gasteiger partial charge on any atom is 0.267 e. The molecule has 2 atom stereocenters. The first-order chi connectivity index (χ1) is 9.25. The van der Waals surface area contributed by atoms with E-state index < -0.39 is 0 Å². The van der Waals surface area contributed by atoms with Crippen LogP contribution in [0.1, 0.15) is 19.4 Å². The Balaban J connectivity index is 2.00. The van der Waals surface area contributed by atoms with Crippen LogP contribution in [0.15, 0.2) is 34.4 Å². The second kappa shape index (κ2) is 5.27. The number of hydrogen-bond donors (Lipinski definition) is 1. The molecule has 100 valence electrons. The molecule has 3 heterocycles. The van der Waals surface area contributed by atoms with Gasteiger partial charge < -0.3 is 5.32 Å². The van der Waals surface area contributed by atoms with Crippen molar-refractivity contribution in [3.8, 4) is 10.6 Å². The Bertz CT molecular complexity index is 605. The molecule has 1 fully saturated rings. The first kappa shape index (κ1) is 12.6. The van der Waals surface area contributed by atoms with E-state index in [-0.39, 0.29) is 11.6 Å². The van der Waals surface area contributed by atoms with Crippen LogP contribution in [-0.2, 0) is 0 Å². The fourth-order valence-electron chi connectivity index (χ4n) is 2.58. The zero-order chi connectivity index (χ0) is 13.2. The first-order valence-electron chi connectivity index (χ1n) is 6.60. The van der Waals surface area contributed by atoms with E-state index in [0.717, 1.165) is 30.1 Å². The molecular formula is C14H17N3OS. The maximum absolute atomic E-state index is 12.1. The molecule has 0 aromatic carbocycles. The standard InChI is InChI=1S/C14H17N3OS/c1-10-9-15-7-6-12(10)17-14(18)5-4-11(16-17)13-3-2-8-19-13/h2-5,8,10,12,15H,6-7,9H2,1H3/t10-,12+/m1/s1. The van der Waals surface area contributed by atoms with Crippen LogP contribution >= 0.6 is 11.3 Å². The molecular weight excluding hydrogens is 258 g/mol. The van der Waals surface area contributed by atoms with Crippen LogP contribution in [0.25, 0.3) is 10.6 Å². The minimum atomic E-state index is -0.000874. The molecule has 1 aliphatic rings. The number of aromatic nitrogens is 2. The van der Waals surface area contributed by atoms with E-state index in [1.807, 2.05) is 23.6 Å². The van der Waals surface area contributed by atoms with E-state index in [2.05, 4.69) is 17.3 Å². The molecule has 0 amide bonds. The molecule has 5 heteroatoms. The molecule has 1 N–H and O–H groups in total. The number of nitrogens with one attached hydrogen (secondary N) is 1. The molecule has 3 rings (SSSR count). The van der Waals surface area contributed by atoms with E-state index in [4.69, 9.17) is 0 Å². The highest BCUT2D eigenvalue weighted by Gasteiger charge is 2.24. The van der Waals surface area contributed by atoms with E-state index >= 15 is 0 Å². The van der Waals surface area contributed by atoms with Crippen LogP contribution in [0.2, 0.25) is 0 Å². The highest BCUT2D eigenvalue weighted by atomic mass is 32.1. The average Bonchev–Trinajstić information content (AvgIpc) is 2.94. The van der Waals surface area contributed by atoms with Gasteiger partial charge in [0, 0.05) is 6.07 Å². The highest BCUT2D eigenvalue weighted by Crippen LogP contribution is 2.25. The van der Waals surface area contributed by atoms with Crippen LogP contribution < -0.4 is 10.9 Å². The summed E-state index contributed by atoms with van der Waals surface area (Å²) in [6.45, 7) is 4.07. The summed E-state index contributed by atoms with van der Waals surface area (Å²) in [6, 6.07) is 7.69. The smallest absolute Gasteiger partial charge is 0.267 e. The lowest BCUT2D eigenvalue weighted by atomic mass is 9.95. The zero-order valence-corrected chi connectivity index (χ0v) is 11.7. The van der Waals surface area contributed by atoms with Gasteiger partial charge in [0.15, 0.2) is 0 Å². The SMILES string of the molecule is C[C@@H]1CNCC[C@@H]1n1nc(-c2cccs2)ccc1=O. The van der Waals surface area contributed by atoms with Crippen molar-refractivity contribution in [2.45, 2.75) is 19.4 Å². The summed E-state index contributed by atoms with van der Waals surface area (Å²) >= 11 is 1.65. The summed E-state index contributed by atoms with van der Waals surface area (Å²) in [4.78, 5) is 13.2. The second-order valence-electron chi connectivity index (χ2n) is 5.02. The van der Waals surface area contributed by atoms with Gasteiger partial charge in [0.25, 0.3) is 5.56 Å². The normalized spacial score (nSPS) is 23.4. The summed E-state index contributed by atoms with van der Waals surface area (Å²) in [5.41, 5.74) is 0.888. The van der Waals surface area contributed by atoms with Crippen molar-refractivity contribution >= 4 is 11.3 Å². The van der Waals surface area contributed by atoms with Crippen molar-refractivity contribution in [1.82, 2.24) is 15.1 Å². The largest absolute Gasteiger partial charge is 0.316 e. The predicted molar refractivity (Wildman–Crippen MR) is 77.5 cm³/mol. The molecule has 2 aromatic rings. The summed E-state index contributed by atoms with van der Waals surface area (Å²) in [7, 11) is 0. The molecule has 19 heavy (non-hydrogen) atoms. The number of thiophene rings is 1. The van der Waals surface area contributed by atoms with Gasteiger partial charge in [-0.1, -0.05) is 13.0 Å². The topological polar surface area (TPSA) is 46.9 Å². The lowest BCUT2D eigenvalue weighted by Crippen LogP contribution is -2.40. The van der Waals surface area contributed by atoms with Crippen molar-refractivity contribution in [3.05, 3.63) is 40.0 Å². The first-order valence-corrected chi connectivity index (χ1v) is 7.48. The Hall–Kier alpha value is -1.46. The van der Waals surface area contributed by atoms with Gasteiger partial charge in [0.1, 0.15) is 5.69 Å². The van der Waals surface area contributed by atoms with Crippen LogP contribution in [-0.4, -0.2) is 22.9 Å². The van der Waals surface area contributed by atoms with Gasteiger partial charge in [-0.05, 0) is 42.9 Å². The Kier molecular flexibility index (Phi) is 3.48. The van der Waals surface area contributed by atoms with Gasteiger partial charge in [-0.25, -0.2) is 4.68 Å². The van der Waals surface area contributed by atoms with Gasteiger partial charge in [-0.2, -0.15) is 5.10 Å². The van der Waals surface area contributed by atoms with Crippen molar-refractivity contribution in [1.29, 1.82) is 0 Å². The minimum absolute atomic E-state index is 0.000874. The fraction of sp³-hybridized carbons (Fsp3) is 0.429. The van der Waals surface area contributed by atoms with E-state index in [9.17, 15) is 4.79 Å². The van der Waals surface area contributed by atoms with Crippen molar-refractivity contribution < 1.29 is 0 Å². The maximum atomic E-state index is 12.1. The Morgan fingerprint density at radius 2 is 2.32 bits per heavy atom. The number of rotatable bonds is 2. The van der Waals surface area contributed by atoms with Gasteiger partial charge in [-0.15, -0.1) is 11.3 Å². The van der Waals surface area contributed by atoms with Crippen molar-refractivity contribution in [3.63, 3.8) is 0 Å². The van der Waals surface area contributed by atoms with E-state index in [0.29, 0.717) is 5.92 Å². The predicted octanol–water partition coefficient (Wildman–Crippen LogP) is 2.14. The number of nitrogens with zero attached hydrogens (tertiary/aromatic N) is 2.